The van der Waals surface area contributed by atoms with E-state index in [1.54, 1.807) is 0 Å². The Hall–Kier alpha value is -1.75. The number of hydrogen-bond acceptors (Lipinski definition) is 4. The normalized spacial score (nSPS) is 16.1. The van der Waals surface area contributed by atoms with Gasteiger partial charge in [0.1, 0.15) is 19.0 Å². The first-order chi connectivity index (χ1) is 8.28. The van der Waals surface area contributed by atoms with E-state index in [0.717, 1.165) is 28.4 Å². The smallest absolute Gasteiger partial charge is 0.163 e. The van der Waals surface area contributed by atoms with Gasteiger partial charge in [0.15, 0.2) is 11.5 Å². The summed E-state index contributed by atoms with van der Waals surface area (Å²) < 4.78 is 11.1. The third-order valence-electron chi connectivity index (χ3n) is 3.01. The predicted molar refractivity (Wildman–Crippen MR) is 64.6 cm³/mol. The summed E-state index contributed by atoms with van der Waals surface area (Å²) in [6.45, 7) is 3.26. The molecule has 1 aliphatic rings. The molecular formula is C12H15N3O2. The molecule has 1 aromatic heterocycles. The monoisotopic (exact) mass is 233 g/mol. The molecule has 17 heavy (non-hydrogen) atoms. The second kappa shape index (κ2) is 3.92. The van der Waals surface area contributed by atoms with Crippen molar-refractivity contribution in [3.63, 3.8) is 0 Å². The number of nitrogens with one attached hydrogen (secondary N) is 2. The first-order valence-corrected chi connectivity index (χ1v) is 5.74. The molecule has 0 saturated heterocycles. The molecule has 1 atom stereocenters. The van der Waals surface area contributed by atoms with Crippen LogP contribution in [0.15, 0.2) is 12.1 Å². The Morgan fingerprint density at radius 1 is 1.29 bits per heavy atom. The summed E-state index contributed by atoms with van der Waals surface area (Å²) in [7, 11) is 1.91. The first-order valence-electron chi connectivity index (χ1n) is 5.74. The molecule has 0 aliphatic carbocycles. The summed E-state index contributed by atoms with van der Waals surface area (Å²) in [5.41, 5.74) is 1.89. The second-order valence-corrected chi connectivity index (χ2v) is 4.15. The van der Waals surface area contributed by atoms with E-state index in [2.05, 4.69) is 22.2 Å². The van der Waals surface area contributed by atoms with Gasteiger partial charge in [0, 0.05) is 12.1 Å². The maximum atomic E-state index is 5.54. The highest BCUT2D eigenvalue weighted by Gasteiger charge is 2.16. The van der Waals surface area contributed by atoms with E-state index in [-0.39, 0.29) is 6.04 Å². The minimum atomic E-state index is 0.196. The van der Waals surface area contributed by atoms with E-state index in [1.807, 2.05) is 19.2 Å². The van der Waals surface area contributed by atoms with Gasteiger partial charge in [0.25, 0.3) is 0 Å². The molecule has 0 amide bonds. The van der Waals surface area contributed by atoms with Gasteiger partial charge >= 0.3 is 0 Å². The summed E-state index contributed by atoms with van der Waals surface area (Å²) in [6, 6.07) is 4.07. The predicted octanol–water partition coefficient (Wildman–Crippen LogP) is 1.61. The van der Waals surface area contributed by atoms with Gasteiger partial charge in [-0.25, -0.2) is 4.98 Å². The molecule has 1 unspecified atom stereocenters. The Labute approximate surface area is 99.1 Å². The van der Waals surface area contributed by atoms with Crippen molar-refractivity contribution >= 4 is 11.0 Å². The van der Waals surface area contributed by atoms with E-state index in [1.165, 1.54) is 0 Å². The summed E-state index contributed by atoms with van der Waals surface area (Å²) in [5.74, 6) is 2.49. The number of benzene rings is 1. The molecule has 2 aromatic rings. The zero-order valence-corrected chi connectivity index (χ0v) is 9.91. The van der Waals surface area contributed by atoms with E-state index in [0.29, 0.717) is 13.2 Å². The van der Waals surface area contributed by atoms with E-state index < -0.39 is 0 Å². The van der Waals surface area contributed by atoms with Crippen LogP contribution in [-0.4, -0.2) is 30.2 Å². The van der Waals surface area contributed by atoms with Gasteiger partial charge in [-0.3, -0.25) is 0 Å². The minimum Gasteiger partial charge on any atom is -0.486 e. The van der Waals surface area contributed by atoms with E-state index >= 15 is 0 Å². The van der Waals surface area contributed by atoms with Crippen molar-refractivity contribution in [2.24, 2.45) is 0 Å². The van der Waals surface area contributed by atoms with Gasteiger partial charge in [0.05, 0.1) is 17.1 Å². The summed E-state index contributed by atoms with van der Waals surface area (Å²) >= 11 is 0. The zero-order valence-electron chi connectivity index (χ0n) is 9.91. The van der Waals surface area contributed by atoms with Gasteiger partial charge in [-0.2, -0.15) is 0 Å². The van der Waals surface area contributed by atoms with Gasteiger partial charge in [-0.05, 0) is 14.0 Å². The van der Waals surface area contributed by atoms with Crippen LogP contribution in [0.3, 0.4) is 0 Å². The number of aromatic amines is 1. The Balaban J connectivity index is 2.09. The van der Waals surface area contributed by atoms with Crippen LogP contribution in [0.4, 0.5) is 0 Å². The number of rotatable bonds is 2. The highest BCUT2D eigenvalue weighted by Crippen LogP contribution is 2.34. The van der Waals surface area contributed by atoms with E-state index in [9.17, 15) is 0 Å². The second-order valence-electron chi connectivity index (χ2n) is 4.15. The summed E-state index contributed by atoms with van der Waals surface area (Å²) in [6.07, 6.45) is 0. The van der Waals surface area contributed by atoms with Crippen molar-refractivity contribution in [3.8, 4) is 11.5 Å². The average Bonchev–Trinajstić information content (AvgIpc) is 2.77. The standard InChI is InChI=1S/C12H15N3O2/c1-7(13-2)12-14-8-5-10-11(6-9(8)15-12)17-4-3-16-10/h5-7,13H,3-4H2,1-2H3,(H,14,15). The summed E-state index contributed by atoms with van der Waals surface area (Å²) in [5, 5.41) is 3.16. The van der Waals surface area contributed by atoms with Crippen LogP contribution < -0.4 is 14.8 Å². The van der Waals surface area contributed by atoms with Crippen LogP contribution >= 0.6 is 0 Å². The van der Waals surface area contributed by atoms with Crippen LogP contribution in [0, 0.1) is 0 Å². The number of fused-ring (bicyclic) bond motifs is 2. The fraction of sp³-hybridized carbons (Fsp3) is 0.417. The topological polar surface area (TPSA) is 59.2 Å². The maximum Gasteiger partial charge on any atom is 0.163 e. The van der Waals surface area contributed by atoms with Crippen LogP contribution in [0.2, 0.25) is 0 Å². The first kappa shape index (κ1) is 10.4. The molecule has 90 valence electrons. The lowest BCUT2D eigenvalue weighted by molar-refractivity contribution is 0.172. The maximum absolute atomic E-state index is 5.54. The Kier molecular flexibility index (Phi) is 2.40. The van der Waals surface area contributed by atoms with Crippen LogP contribution in [0.1, 0.15) is 18.8 Å². The summed E-state index contributed by atoms with van der Waals surface area (Å²) in [4.78, 5) is 7.83. The van der Waals surface area contributed by atoms with Gasteiger partial charge in [-0.15, -0.1) is 0 Å². The molecule has 5 nitrogen and oxygen atoms in total. The van der Waals surface area contributed by atoms with E-state index in [4.69, 9.17) is 9.47 Å². The van der Waals surface area contributed by atoms with Crippen LogP contribution in [0.25, 0.3) is 11.0 Å². The van der Waals surface area contributed by atoms with Gasteiger partial charge < -0.3 is 19.8 Å². The molecule has 5 heteroatoms. The van der Waals surface area contributed by atoms with Crippen LogP contribution in [-0.2, 0) is 0 Å². The van der Waals surface area contributed by atoms with Crippen molar-refractivity contribution < 1.29 is 9.47 Å². The lowest BCUT2D eigenvalue weighted by Crippen LogP contribution is -2.15. The molecule has 1 aromatic carbocycles. The van der Waals surface area contributed by atoms with Gasteiger partial charge in [0.2, 0.25) is 0 Å². The molecule has 0 fully saturated rings. The molecule has 1 aliphatic heterocycles. The number of H-pyrrole nitrogens is 1. The fourth-order valence-corrected chi connectivity index (χ4v) is 1.91. The van der Waals surface area contributed by atoms with Crippen molar-refractivity contribution in [2.45, 2.75) is 13.0 Å². The van der Waals surface area contributed by atoms with Crippen LogP contribution in [0.5, 0.6) is 11.5 Å². The molecule has 2 N–H and O–H groups in total. The zero-order chi connectivity index (χ0) is 11.8. The highest BCUT2D eigenvalue weighted by molar-refractivity contribution is 5.80. The van der Waals surface area contributed by atoms with Crippen molar-refractivity contribution in [2.75, 3.05) is 20.3 Å². The Morgan fingerprint density at radius 2 is 2.00 bits per heavy atom. The molecule has 0 bridgehead atoms. The highest BCUT2D eigenvalue weighted by atomic mass is 16.6. The quantitative estimate of drug-likeness (QED) is 0.827. The fourth-order valence-electron chi connectivity index (χ4n) is 1.91. The number of hydrogen-bond donors (Lipinski definition) is 2. The molecule has 0 radical (unpaired) electrons. The van der Waals surface area contributed by atoms with Crippen molar-refractivity contribution in [3.05, 3.63) is 18.0 Å². The Bertz CT molecular complexity index is 507. The number of imidazole rings is 1. The van der Waals surface area contributed by atoms with Gasteiger partial charge in [-0.1, -0.05) is 0 Å². The number of nitrogens with zero attached hydrogens (tertiary/aromatic N) is 1. The third-order valence-corrected chi connectivity index (χ3v) is 3.01. The molecule has 0 saturated carbocycles. The number of aromatic nitrogens is 2. The average molecular weight is 233 g/mol. The number of ether oxygens (including phenoxy) is 2. The lowest BCUT2D eigenvalue weighted by Gasteiger charge is -2.17. The van der Waals surface area contributed by atoms with Crippen molar-refractivity contribution in [1.29, 1.82) is 0 Å². The lowest BCUT2D eigenvalue weighted by atomic mass is 10.2. The molecular weight excluding hydrogens is 218 g/mol. The SMILES string of the molecule is CNC(C)c1nc2cc3c(cc2[nH]1)OCCO3. The molecule has 2 heterocycles. The largest absolute Gasteiger partial charge is 0.486 e. The minimum absolute atomic E-state index is 0.196. The third kappa shape index (κ3) is 1.72. The Morgan fingerprint density at radius 3 is 2.71 bits per heavy atom. The molecule has 3 rings (SSSR count). The van der Waals surface area contributed by atoms with Crippen molar-refractivity contribution in [1.82, 2.24) is 15.3 Å². The molecule has 0 spiro atoms.